The maximum atomic E-state index is 13.7. The lowest BCUT2D eigenvalue weighted by Crippen LogP contribution is -2.47. The van der Waals surface area contributed by atoms with Crippen LogP contribution in [0.25, 0.3) is 11.0 Å². The van der Waals surface area contributed by atoms with Crippen molar-refractivity contribution in [3.05, 3.63) is 54.2 Å². The summed E-state index contributed by atoms with van der Waals surface area (Å²) in [6.45, 7) is 2.98. The SMILES string of the molecule is C[C@H](NC(=O)N1CCC(Oc2ncccc2F)CC1)c1nc2ccccc2[nH]1. The molecule has 0 unspecified atom stereocenters. The molecule has 4 rings (SSSR count). The van der Waals surface area contributed by atoms with Crippen molar-refractivity contribution >= 4 is 17.1 Å². The number of urea groups is 1. The Bertz CT molecular complexity index is 935. The summed E-state index contributed by atoms with van der Waals surface area (Å²) in [5.74, 6) is 0.268. The van der Waals surface area contributed by atoms with Crippen LogP contribution in [0.1, 0.15) is 31.6 Å². The first-order valence-corrected chi connectivity index (χ1v) is 9.37. The van der Waals surface area contributed by atoms with Gasteiger partial charge in [0.05, 0.1) is 17.1 Å². The summed E-state index contributed by atoms with van der Waals surface area (Å²) >= 11 is 0. The topological polar surface area (TPSA) is 83.1 Å². The van der Waals surface area contributed by atoms with Crippen LogP contribution in [-0.2, 0) is 0 Å². The molecule has 0 saturated carbocycles. The number of fused-ring (bicyclic) bond motifs is 1. The predicted molar refractivity (Wildman–Crippen MR) is 102 cm³/mol. The van der Waals surface area contributed by atoms with Crippen LogP contribution in [0.4, 0.5) is 9.18 Å². The Hall–Kier alpha value is -3.16. The number of nitrogens with zero attached hydrogens (tertiary/aromatic N) is 3. The third-order valence-corrected chi connectivity index (χ3v) is 4.89. The number of carbonyl (C=O) groups excluding carboxylic acids is 1. The van der Waals surface area contributed by atoms with Gasteiger partial charge >= 0.3 is 6.03 Å². The molecule has 3 heterocycles. The molecule has 7 nitrogen and oxygen atoms in total. The summed E-state index contributed by atoms with van der Waals surface area (Å²) in [5, 5.41) is 2.98. The maximum Gasteiger partial charge on any atom is 0.317 e. The zero-order chi connectivity index (χ0) is 19.5. The number of hydrogen-bond acceptors (Lipinski definition) is 4. The molecule has 3 aromatic rings. The van der Waals surface area contributed by atoms with E-state index in [0.29, 0.717) is 25.9 Å². The summed E-state index contributed by atoms with van der Waals surface area (Å²) in [6.07, 6.45) is 2.60. The fourth-order valence-electron chi connectivity index (χ4n) is 3.31. The number of aromatic nitrogens is 3. The van der Waals surface area contributed by atoms with Gasteiger partial charge in [-0.25, -0.2) is 19.2 Å². The van der Waals surface area contributed by atoms with Crippen LogP contribution in [0.15, 0.2) is 42.6 Å². The van der Waals surface area contributed by atoms with Crippen molar-refractivity contribution in [3.63, 3.8) is 0 Å². The van der Waals surface area contributed by atoms with Crippen molar-refractivity contribution in [2.24, 2.45) is 0 Å². The first-order valence-electron chi connectivity index (χ1n) is 9.37. The van der Waals surface area contributed by atoms with Crippen molar-refractivity contribution in [1.29, 1.82) is 0 Å². The first kappa shape index (κ1) is 18.2. The van der Waals surface area contributed by atoms with E-state index in [1.165, 1.54) is 18.3 Å². The summed E-state index contributed by atoms with van der Waals surface area (Å²) in [7, 11) is 0. The minimum atomic E-state index is -0.470. The fourth-order valence-corrected chi connectivity index (χ4v) is 3.31. The van der Waals surface area contributed by atoms with E-state index in [9.17, 15) is 9.18 Å². The molecule has 0 aliphatic carbocycles. The number of ether oxygens (including phenoxy) is 1. The predicted octanol–water partition coefficient (Wildman–Crippen LogP) is 3.41. The third kappa shape index (κ3) is 3.90. The second-order valence-corrected chi connectivity index (χ2v) is 6.91. The highest BCUT2D eigenvalue weighted by molar-refractivity contribution is 5.76. The number of imidazole rings is 1. The Morgan fingerprint density at radius 1 is 1.29 bits per heavy atom. The van der Waals surface area contributed by atoms with Gasteiger partial charge < -0.3 is 19.9 Å². The van der Waals surface area contributed by atoms with Gasteiger partial charge in [-0.2, -0.15) is 0 Å². The quantitative estimate of drug-likeness (QED) is 0.723. The molecule has 1 atom stereocenters. The number of rotatable bonds is 4. The van der Waals surface area contributed by atoms with Crippen LogP contribution in [0.3, 0.4) is 0 Å². The molecule has 1 saturated heterocycles. The normalized spacial score (nSPS) is 16.1. The van der Waals surface area contributed by atoms with Crippen LogP contribution in [0.2, 0.25) is 0 Å². The number of likely N-dealkylation sites (tertiary alicyclic amines) is 1. The molecular weight excluding hydrogens is 361 g/mol. The van der Waals surface area contributed by atoms with Gasteiger partial charge in [0.15, 0.2) is 5.82 Å². The average Bonchev–Trinajstić information content (AvgIpc) is 3.15. The molecule has 28 heavy (non-hydrogen) atoms. The number of aromatic amines is 1. The van der Waals surface area contributed by atoms with E-state index in [4.69, 9.17) is 4.74 Å². The minimum absolute atomic E-state index is 0.0175. The monoisotopic (exact) mass is 383 g/mol. The first-order chi connectivity index (χ1) is 13.6. The Balaban J connectivity index is 1.30. The minimum Gasteiger partial charge on any atom is -0.472 e. The molecule has 8 heteroatoms. The molecule has 146 valence electrons. The number of carbonyl (C=O) groups is 1. The summed E-state index contributed by atoms with van der Waals surface area (Å²) in [4.78, 5) is 26.0. The summed E-state index contributed by atoms with van der Waals surface area (Å²) in [5.41, 5.74) is 1.82. The molecule has 1 aliphatic rings. The molecule has 0 radical (unpaired) electrons. The van der Waals surface area contributed by atoms with Crippen molar-refractivity contribution in [2.45, 2.75) is 31.9 Å². The highest BCUT2D eigenvalue weighted by Crippen LogP contribution is 2.20. The Kier molecular flexibility index (Phi) is 5.10. The Morgan fingerprint density at radius 3 is 2.82 bits per heavy atom. The van der Waals surface area contributed by atoms with Crippen molar-refractivity contribution < 1.29 is 13.9 Å². The number of amides is 2. The van der Waals surface area contributed by atoms with Gasteiger partial charge in [0.25, 0.3) is 5.88 Å². The Labute approximate surface area is 161 Å². The van der Waals surface area contributed by atoms with Gasteiger partial charge in [-0.05, 0) is 31.2 Å². The fraction of sp³-hybridized carbons (Fsp3) is 0.350. The van der Waals surface area contributed by atoms with Crippen molar-refractivity contribution in [1.82, 2.24) is 25.2 Å². The highest BCUT2D eigenvalue weighted by Gasteiger charge is 2.26. The van der Waals surface area contributed by atoms with Crippen molar-refractivity contribution in [2.75, 3.05) is 13.1 Å². The third-order valence-electron chi connectivity index (χ3n) is 4.89. The second-order valence-electron chi connectivity index (χ2n) is 6.91. The lowest BCUT2D eigenvalue weighted by molar-refractivity contribution is 0.103. The van der Waals surface area contributed by atoms with Crippen LogP contribution < -0.4 is 10.1 Å². The zero-order valence-electron chi connectivity index (χ0n) is 15.6. The number of hydrogen-bond donors (Lipinski definition) is 2. The number of H-pyrrole nitrogens is 1. The molecule has 1 fully saturated rings. The van der Waals surface area contributed by atoms with Crippen LogP contribution >= 0.6 is 0 Å². The number of piperidine rings is 1. The molecule has 0 spiro atoms. The van der Waals surface area contributed by atoms with Gasteiger partial charge in [-0.3, -0.25) is 0 Å². The van der Waals surface area contributed by atoms with E-state index in [-0.39, 0.29) is 24.1 Å². The number of pyridine rings is 1. The number of benzene rings is 1. The van der Waals surface area contributed by atoms with Crippen molar-refractivity contribution in [3.8, 4) is 5.88 Å². The average molecular weight is 383 g/mol. The molecule has 0 bridgehead atoms. The standard InChI is InChI=1S/C20H22FN5O2/c1-13(18-24-16-6-2-3-7-17(16)25-18)23-20(27)26-11-8-14(9-12-26)28-19-15(21)5-4-10-22-19/h2-7,10,13-14H,8-9,11-12H2,1H3,(H,23,27)(H,24,25)/t13-/m0/s1. The van der Waals surface area contributed by atoms with E-state index >= 15 is 0 Å². The summed E-state index contributed by atoms with van der Waals surface area (Å²) in [6, 6.07) is 10.2. The van der Waals surface area contributed by atoms with E-state index in [1.807, 2.05) is 31.2 Å². The highest BCUT2D eigenvalue weighted by atomic mass is 19.1. The number of nitrogens with one attached hydrogen (secondary N) is 2. The smallest absolute Gasteiger partial charge is 0.317 e. The molecule has 1 aliphatic heterocycles. The lowest BCUT2D eigenvalue weighted by Gasteiger charge is -2.32. The number of para-hydroxylation sites is 2. The largest absolute Gasteiger partial charge is 0.472 e. The van der Waals surface area contributed by atoms with Gasteiger partial charge in [-0.1, -0.05) is 12.1 Å². The van der Waals surface area contributed by atoms with Crippen LogP contribution in [0, 0.1) is 5.82 Å². The molecule has 2 N–H and O–H groups in total. The second kappa shape index (κ2) is 7.84. The van der Waals surface area contributed by atoms with Gasteiger partial charge in [0.2, 0.25) is 0 Å². The van der Waals surface area contributed by atoms with Crippen LogP contribution in [0.5, 0.6) is 5.88 Å². The van der Waals surface area contributed by atoms with E-state index in [1.54, 1.807) is 4.90 Å². The van der Waals surface area contributed by atoms with Gasteiger partial charge in [0.1, 0.15) is 11.9 Å². The molecule has 2 amide bonds. The van der Waals surface area contributed by atoms with Gasteiger partial charge in [-0.15, -0.1) is 0 Å². The Morgan fingerprint density at radius 2 is 2.07 bits per heavy atom. The lowest BCUT2D eigenvalue weighted by atomic mass is 10.1. The molecule has 2 aromatic heterocycles. The summed E-state index contributed by atoms with van der Waals surface area (Å²) < 4.78 is 19.3. The number of halogens is 1. The maximum absolute atomic E-state index is 13.7. The van der Waals surface area contributed by atoms with E-state index < -0.39 is 5.82 Å². The van der Waals surface area contributed by atoms with Gasteiger partial charge in [0, 0.05) is 32.1 Å². The van der Waals surface area contributed by atoms with E-state index in [0.717, 1.165) is 16.9 Å². The molecule has 1 aromatic carbocycles. The van der Waals surface area contributed by atoms with E-state index in [2.05, 4.69) is 20.3 Å². The molecular formula is C20H22FN5O2. The van der Waals surface area contributed by atoms with Crippen LogP contribution in [-0.4, -0.2) is 45.1 Å². The zero-order valence-corrected chi connectivity index (χ0v) is 15.6.